The molecule has 136 valence electrons. The van der Waals surface area contributed by atoms with Gasteiger partial charge in [-0.15, -0.1) is 0 Å². The number of rotatable bonds is 17. The molecule has 0 aromatic heterocycles. The molecule has 0 aromatic carbocycles. The molecule has 2 amide bonds. The highest BCUT2D eigenvalue weighted by Crippen LogP contribution is 2.13. The van der Waals surface area contributed by atoms with E-state index in [4.69, 9.17) is 11.5 Å². The van der Waals surface area contributed by atoms with Gasteiger partial charge in [-0.05, 0) is 12.8 Å². The van der Waals surface area contributed by atoms with E-state index in [-0.39, 0.29) is 5.91 Å². The van der Waals surface area contributed by atoms with E-state index in [2.05, 4.69) is 4.74 Å². The van der Waals surface area contributed by atoms with Crippen LogP contribution in [-0.4, -0.2) is 18.6 Å². The van der Waals surface area contributed by atoms with Crippen LogP contribution in [0.5, 0.6) is 0 Å². The van der Waals surface area contributed by atoms with Crippen molar-refractivity contribution in [1.82, 2.24) is 0 Å². The maximum atomic E-state index is 10.6. The summed E-state index contributed by atoms with van der Waals surface area (Å²) in [6, 6.07) is 0. The fraction of sp³-hybridized carbons (Fsp3) is 0.889. The van der Waals surface area contributed by atoms with Crippen molar-refractivity contribution in [3.63, 3.8) is 0 Å². The summed E-state index contributed by atoms with van der Waals surface area (Å²) in [5.74, 6) is -0.177. The van der Waals surface area contributed by atoms with Gasteiger partial charge < -0.3 is 16.2 Å². The molecular weight excluding hydrogens is 292 g/mol. The van der Waals surface area contributed by atoms with Crippen molar-refractivity contribution in [3.8, 4) is 0 Å². The predicted octanol–water partition coefficient (Wildman–Crippen LogP) is 4.42. The highest BCUT2D eigenvalue weighted by Gasteiger charge is 1.97. The monoisotopic (exact) mass is 328 g/mol. The lowest BCUT2D eigenvalue weighted by Crippen LogP contribution is -2.13. The number of ether oxygens (including phenoxy) is 1. The normalized spacial score (nSPS) is 10.6. The Labute approximate surface area is 141 Å². The van der Waals surface area contributed by atoms with E-state index >= 15 is 0 Å². The summed E-state index contributed by atoms with van der Waals surface area (Å²) in [7, 11) is 0. The average molecular weight is 328 g/mol. The van der Waals surface area contributed by atoms with Crippen LogP contribution in [0, 0.1) is 0 Å². The zero-order valence-electron chi connectivity index (χ0n) is 14.7. The van der Waals surface area contributed by atoms with Gasteiger partial charge in [0.1, 0.15) is 0 Å². The minimum Gasteiger partial charge on any atom is -0.450 e. The van der Waals surface area contributed by atoms with Gasteiger partial charge in [0, 0.05) is 6.42 Å². The maximum Gasteiger partial charge on any atom is 0.404 e. The molecule has 0 unspecified atom stereocenters. The number of hydrogen-bond acceptors (Lipinski definition) is 3. The van der Waals surface area contributed by atoms with Gasteiger partial charge in [-0.25, -0.2) is 4.79 Å². The molecule has 5 heteroatoms. The number of carbonyl (C=O) groups is 2. The van der Waals surface area contributed by atoms with Crippen LogP contribution in [0.4, 0.5) is 4.79 Å². The minimum absolute atomic E-state index is 0.177. The van der Waals surface area contributed by atoms with Crippen LogP contribution < -0.4 is 11.5 Å². The summed E-state index contributed by atoms with van der Waals surface area (Å²) < 4.78 is 4.68. The topological polar surface area (TPSA) is 95.4 Å². The van der Waals surface area contributed by atoms with Crippen LogP contribution in [0.25, 0.3) is 0 Å². The fourth-order valence-corrected chi connectivity index (χ4v) is 2.70. The first kappa shape index (κ1) is 21.7. The van der Waals surface area contributed by atoms with Crippen LogP contribution in [0.3, 0.4) is 0 Å². The van der Waals surface area contributed by atoms with Crippen molar-refractivity contribution in [1.29, 1.82) is 0 Å². The average Bonchev–Trinajstić information content (AvgIpc) is 2.49. The van der Waals surface area contributed by atoms with Gasteiger partial charge in [-0.3, -0.25) is 4.79 Å². The summed E-state index contributed by atoms with van der Waals surface area (Å²) in [5.41, 5.74) is 9.99. The Kier molecular flexibility index (Phi) is 16.2. The van der Waals surface area contributed by atoms with Crippen LogP contribution in [0.2, 0.25) is 0 Å². The maximum absolute atomic E-state index is 10.6. The lowest BCUT2D eigenvalue weighted by Gasteiger charge is -2.03. The summed E-state index contributed by atoms with van der Waals surface area (Å²) in [6.07, 6.45) is 17.0. The molecule has 0 rings (SSSR count). The van der Waals surface area contributed by atoms with E-state index in [0.717, 1.165) is 25.7 Å². The molecule has 0 spiro atoms. The first-order valence-electron chi connectivity index (χ1n) is 9.33. The van der Waals surface area contributed by atoms with Crippen LogP contribution in [0.1, 0.15) is 96.3 Å². The molecule has 4 N–H and O–H groups in total. The summed E-state index contributed by atoms with van der Waals surface area (Å²) in [6.45, 7) is 0.456. The van der Waals surface area contributed by atoms with E-state index in [0.29, 0.717) is 13.0 Å². The smallest absolute Gasteiger partial charge is 0.404 e. The lowest BCUT2D eigenvalue weighted by molar-refractivity contribution is -0.118. The number of primary amides is 2. The summed E-state index contributed by atoms with van der Waals surface area (Å²) in [4.78, 5) is 20.9. The molecule has 0 saturated carbocycles. The molecule has 0 aliphatic rings. The van der Waals surface area contributed by atoms with E-state index in [1.165, 1.54) is 64.2 Å². The Bertz CT molecular complexity index is 268. The molecule has 0 fully saturated rings. The Morgan fingerprint density at radius 1 is 0.565 bits per heavy atom. The van der Waals surface area contributed by atoms with Crippen molar-refractivity contribution in [3.05, 3.63) is 0 Å². The second-order valence-electron chi connectivity index (χ2n) is 6.33. The SMILES string of the molecule is NC(=O)CCCCCCCCCCCCCCCCOC(N)=O. The molecule has 0 heterocycles. The van der Waals surface area contributed by atoms with Crippen LogP contribution in [-0.2, 0) is 9.53 Å². The highest BCUT2D eigenvalue weighted by atomic mass is 16.5. The van der Waals surface area contributed by atoms with Crippen LogP contribution in [0.15, 0.2) is 0 Å². The molecule has 0 bridgehead atoms. The second-order valence-corrected chi connectivity index (χ2v) is 6.33. The molecule has 0 saturated heterocycles. The van der Waals surface area contributed by atoms with Crippen molar-refractivity contribution < 1.29 is 14.3 Å². The zero-order valence-corrected chi connectivity index (χ0v) is 14.7. The molecule has 0 aliphatic heterocycles. The number of hydrogen-bond donors (Lipinski definition) is 2. The minimum atomic E-state index is -0.671. The predicted molar refractivity (Wildman–Crippen MR) is 94.0 cm³/mol. The van der Waals surface area contributed by atoms with E-state index in [1.807, 2.05) is 0 Å². The van der Waals surface area contributed by atoms with Gasteiger partial charge >= 0.3 is 6.09 Å². The molecule has 23 heavy (non-hydrogen) atoms. The van der Waals surface area contributed by atoms with Gasteiger partial charge in [0.25, 0.3) is 0 Å². The zero-order chi connectivity index (χ0) is 17.2. The Morgan fingerprint density at radius 3 is 1.26 bits per heavy atom. The Balaban J connectivity index is 3.00. The number of carbonyl (C=O) groups excluding carboxylic acids is 2. The van der Waals surface area contributed by atoms with Crippen molar-refractivity contribution in [2.24, 2.45) is 11.5 Å². The Morgan fingerprint density at radius 2 is 0.913 bits per heavy atom. The third-order valence-corrected chi connectivity index (χ3v) is 4.06. The largest absolute Gasteiger partial charge is 0.450 e. The lowest BCUT2D eigenvalue weighted by atomic mass is 10.0. The number of amides is 2. The third kappa shape index (κ3) is 20.7. The molecular formula is C18H36N2O3. The summed E-state index contributed by atoms with van der Waals surface area (Å²) >= 11 is 0. The van der Waals surface area contributed by atoms with Gasteiger partial charge in [-0.2, -0.15) is 0 Å². The van der Waals surface area contributed by atoms with Gasteiger partial charge in [0.2, 0.25) is 5.91 Å². The van der Waals surface area contributed by atoms with Gasteiger partial charge in [0.15, 0.2) is 0 Å². The number of nitrogens with two attached hydrogens (primary N) is 2. The molecule has 0 radical (unpaired) electrons. The quantitative estimate of drug-likeness (QED) is 0.387. The first-order valence-corrected chi connectivity index (χ1v) is 9.33. The molecule has 0 atom stereocenters. The van der Waals surface area contributed by atoms with E-state index in [1.54, 1.807) is 0 Å². The van der Waals surface area contributed by atoms with E-state index in [9.17, 15) is 9.59 Å². The Hall–Kier alpha value is -1.26. The van der Waals surface area contributed by atoms with Crippen LogP contribution >= 0.6 is 0 Å². The number of unbranched alkanes of at least 4 members (excludes halogenated alkanes) is 13. The first-order chi connectivity index (χ1) is 11.1. The van der Waals surface area contributed by atoms with E-state index < -0.39 is 6.09 Å². The van der Waals surface area contributed by atoms with Crippen molar-refractivity contribution in [2.75, 3.05) is 6.61 Å². The molecule has 0 aliphatic carbocycles. The molecule has 0 aromatic rings. The van der Waals surface area contributed by atoms with Crippen molar-refractivity contribution >= 4 is 12.0 Å². The van der Waals surface area contributed by atoms with Crippen molar-refractivity contribution in [2.45, 2.75) is 96.3 Å². The second kappa shape index (κ2) is 17.1. The van der Waals surface area contributed by atoms with Gasteiger partial charge in [0.05, 0.1) is 6.61 Å². The standard InChI is InChI=1S/C18H36N2O3/c19-17(21)15-13-11-9-7-5-3-1-2-4-6-8-10-12-14-16-23-18(20)22/h1-16H2,(H2,19,21)(H2,20,22). The molecule has 5 nitrogen and oxygen atoms in total. The highest BCUT2D eigenvalue weighted by molar-refractivity contribution is 5.73. The fourth-order valence-electron chi connectivity index (χ4n) is 2.70. The van der Waals surface area contributed by atoms with Gasteiger partial charge in [-0.1, -0.05) is 77.0 Å². The summed E-state index contributed by atoms with van der Waals surface area (Å²) in [5, 5.41) is 0. The third-order valence-electron chi connectivity index (χ3n) is 4.06.